The molecule has 3 aromatic heterocycles. The van der Waals surface area contributed by atoms with E-state index in [1.165, 1.54) is 6.26 Å². The summed E-state index contributed by atoms with van der Waals surface area (Å²) in [6.45, 7) is 5.46. The first-order valence-corrected chi connectivity index (χ1v) is 9.75. The van der Waals surface area contributed by atoms with Crippen molar-refractivity contribution in [3.63, 3.8) is 0 Å². The van der Waals surface area contributed by atoms with Crippen LogP contribution in [0.3, 0.4) is 0 Å². The fraction of sp³-hybridized carbons (Fsp3) is 0.429. The van der Waals surface area contributed by atoms with Gasteiger partial charge in [-0.1, -0.05) is 5.16 Å². The molecule has 1 aliphatic heterocycles. The van der Waals surface area contributed by atoms with Crippen LogP contribution in [-0.4, -0.2) is 45.6 Å². The number of amides is 1. The first-order valence-electron chi connectivity index (χ1n) is 9.75. The number of aryl methyl sites for hydroxylation is 1. The third-order valence-electron chi connectivity index (χ3n) is 5.42. The van der Waals surface area contributed by atoms with Crippen LogP contribution >= 0.6 is 0 Å². The molecule has 4 rings (SSSR count). The van der Waals surface area contributed by atoms with E-state index in [0.29, 0.717) is 22.5 Å². The van der Waals surface area contributed by atoms with Crippen molar-refractivity contribution >= 4 is 23.0 Å². The molecule has 1 aliphatic rings. The lowest BCUT2D eigenvalue weighted by molar-refractivity contribution is -0.140. The molecule has 8 heteroatoms. The minimum Gasteiger partial charge on any atom is -0.463 e. The molecule has 0 radical (unpaired) electrons. The van der Waals surface area contributed by atoms with E-state index >= 15 is 0 Å². The average Bonchev–Trinajstić information content (AvgIpc) is 3.36. The molecule has 8 nitrogen and oxygen atoms in total. The maximum atomic E-state index is 12.9. The van der Waals surface area contributed by atoms with Gasteiger partial charge < -0.3 is 18.6 Å². The van der Waals surface area contributed by atoms with E-state index < -0.39 is 5.97 Å². The largest absolute Gasteiger partial charge is 0.463 e. The Morgan fingerprint density at radius 3 is 2.72 bits per heavy atom. The molecular weight excluding hydrogens is 374 g/mol. The maximum absolute atomic E-state index is 12.9. The molecule has 29 heavy (non-hydrogen) atoms. The minimum absolute atomic E-state index is 0.142. The number of piperidine rings is 1. The number of esters is 1. The topological polar surface area (TPSA) is 98.7 Å². The molecule has 0 saturated carbocycles. The van der Waals surface area contributed by atoms with Crippen molar-refractivity contribution in [3.05, 3.63) is 35.7 Å². The van der Waals surface area contributed by atoms with E-state index in [2.05, 4.69) is 10.1 Å². The molecule has 0 bridgehead atoms. The van der Waals surface area contributed by atoms with Crippen LogP contribution in [0.4, 0.5) is 0 Å². The number of rotatable bonds is 4. The summed E-state index contributed by atoms with van der Waals surface area (Å²) < 4.78 is 16.0. The summed E-state index contributed by atoms with van der Waals surface area (Å²) >= 11 is 0. The zero-order chi connectivity index (χ0) is 20.5. The quantitative estimate of drug-likeness (QED) is 0.618. The van der Waals surface area contributed by atoms with Crippen LogP contribution in [0, 0.1) is 6.92 Å². The highest BCUT2D eigenvalue weighted by Crippen LogP contribution is 2.28. The van der Waals surface area contributed by atoms with Crippen molar-refractivity contribution in [3.8, 4) is 11.5 Å². The van der Waals surface area contributed by atoms with Gasteiger partial charge in [0.05, 0.1) is 22.9 Å². The summed E-state index contributed by atoms with van der Waals surface area (Å²) in [6, 6.07) is 5.32. The van der Waals surface area contributed by atoms with Crippen molar-refractivity contribution < 1.29 is 23.3 Å². The zero-order valence-electron chi connectivity index (χ0n) is 16.7. The molecule has 1 saturated heterocycles. The number of nitrogens with zero attached hydrogens (tertiary/aromatic N) is 3. The van der Waals surface area contributed by atoms with E-state index in [1.54, 1.807) is 25.1 Å². The van der Waals surface area contributed by atoms with Crippen LogP contribution < -0.4 is 0 Å². The molecule has 0 aromatic carbocycles. The van der Waals surface area contributed by atoms with Crippen molar-refractivity contribution in [1.29, 1.82) is 0 Å². The Bertz CT molecular complexity index is 1030. The predicted octanol–water partition coefficient (Wildman–Crippen LogP) is 3.74. The lowest BCUT2D eigenvalue weighted by Gasteiger charge is -2.38. The number of hydrogen-bond donors (Lipinski definition) is 0. The van der Waals surface area contributed by atoms with Crippen LogP contribution in [0.2, 0.25) is 0 Å². The van der Waals surface area contributed by atoms with Gasteiger partial charge in [-0.05, 0) is 58.2 Å². The smallest absolute Gasteiger partial charge is 0.339 e. The summed E-state index contributed by atoms with van der Waals surface area (Å²) in [5, 5.41) is 4.37. The predicted molar refractivity (Wildman–Crippen MR) is 104 cm³/mol. The summed E-state index contributed by atoms with van der Waals surface area (Å²) in [4.78, 5) is 31.7. The maximum Gasteiger partial charge on any atom is 0.339 e. The van der Waals surface area contributed by atoms with Gasteiger partial charge in [-0.25, -0.2) is 9.78 Å². The molecule has 3 aromatic rings. The number of pyridine rings is 1. The number of aromatic nitrogens is 2. The lowest BCUT2D eigenvalue weighted by atomic mass is 9.97. The van der Waals surface area contributed by atoms with Gasteiger partial charge in [0.2, 0.25) is 0 Å². The van der Waals surface area contributed by atoms with E-state index in [-0.39, 0.29) is 35.9 Å². The van der Waals surface area contributed by atoms with E-state index in [9.17, 15) is 9.59 Å². The van der Waals surface area contributed by atoms with Crippen molar-refractivity contribution in [2.45, 2.75) is 52.1 Å². The third-order valence-corrected chi connectivity index (χ3v) is 5.42. The molecule has 0 N–H and O–H groups in total. The summed E-state index contributed by atoms with van der Waals surface area (Å²) in [7, 11) is 0. The van der Waals surface area contributed by atoms with Crippen LogP contribution in [0.15, 0.2) is 33.4 Å². The van der Waals surface area contributed by atoms with Gasteiger partial charge in [-0.3, -0.25) is 4.79 Å². The average molecular weight is 397 g/mol. The molecule has 1 amide bonds. The van der Waals surface area contributed by atoms with Crippen LogP contribution in [-0.2, 0) is 9.53 Å². The number of carbonyl (C=O) groups is 2. The SMILES string of the molecule is Cc1noc2nc(-c3ccco3)cc(C(=O)OCC(=O)N3[C@H](C)CCC[C@H]3C)c12. The monoisotopic (exact) mass is 397 g/mol. The standard InChI is InChI=1S/C21H23N3O5/c1-12-6-4-7-13(2)24(12)18(25)11-28-21(26)15-10-16(17-8-5-9-27-17)22-20-19(15)14(3)23-29-20/h5,8-10,12-13H,4,6-7,11H2,1-3H3/t12-,13-/m1/s1. The highest BCUT2D eigenvalue weighted by Gasteiger charge is 2.30. The number of likely N-dealkylation sites (tertiary alicyclic amines) is 1. The normalized spacial score (nSPS) is 19.5. The fourth-order valence-electron chi connectivity index (χ4n) is 4.00. The lowest BCUT2D eigenvalue weighted by Crippen LogP contribution is -2.49. The molecule has 0 unspecified atom stereocenters. The van der Waals surface area contributed by atoms with E-state index in [4.69, 9.17) is 13.7 Å². The number of ether oxygens (including phenoxy) is 1. The third kappa shape index (κ3) is 3.62. The molecular formula is C21H23N3O5. The number of hydrogen-bond acceptors (Lipinski definition) is 7. The van der Waals surface area contributed by atoms with Gasteiger partial charge in [0.1, 0.15) is 5.69 Å². The Morgan fingerprint density at radius 2 is 2.03 bits per heavy atom. The van der Waals surface area contributed by atoms with Crippen molar-refractivity contribution in [2.75, 3.05) is 6.61 Å². The van der Waals surface area contributed by atoms with Gasteiger partial charge in [0, 0.05) is 12.1 Å². The highest BCUT2D eigenvalue weighted by molar-refractivity contribution is 6.04. The Morgan fingerprint density at radius 1 is 1.28 bits per heavy atom. The van der Waals surface area contributed by atoms with Gasteiger partial charge in [-0.2, -0.15) is 0 Å². The van der Waals surface area contributed by atoms with Crippen LogP contribution in [0.1, 0.15) is 49.2 Å². The number of furan rings is 1. The van der Waals surface area contributed by atoms with Gasteiger partial charge in [0.25, 0.3) is 11.6 Å². The Balaban J connectivity index is 1.58. The molecule has 2 atom stereocenters. The Labute approximate surface area is 167 Å². The van der Waals surface area contributed by atoms with Gasteiger partial charge in [-0.15, -0.1) is 0 Å². The zero-order valence-corrected chi connectivity index (χ0v) is 16.7. The fourth-order valence-corrected chi connectivity index (χ4v) is 4.00. The second-order valence-electron chi connectivity index (χ2n) is 7.49. The van der Waals surface area contributed by atoms with Crippen LogP contribution in [0.25, 0.3) is 22.6 Å². The molecule has 1 fully saturated rings. The second-order valence-corrected chi connectivity index (χ2v) is 7.49. The van der Waals surface area contributed by atoms with Crippen molar-refractivity contribution in [1.82, 2.24) is 15.0 Å². The molecule has 152 valence electrons. The summed E-state index contributed by atoms with van der Waals surface area (Å²) in [6.07, 6.45) is 4.54. The molecule has 0 spiro atoms. The first kappa shape index (κ1) is 19.2. The number of fused-ring (bicyclic) bond motifs is 1. The van der Waals surface area contributed by atoms with E-state index in [1.807, 2.05) is 18.7 Å². The van der Waals surface area contributed by atoms with Gasteiger partial charge >= 0.3 is 5.97 Å². The second kappa shape index (κ2) is 7.69. The van der Waals surface area contributed by atoms with Gasteiger partial charge in [0.15, 0.2) is 12.4 Å². The minimum atomic E-state index is -0.623. The first-order chi connectivity index (χ1) is 14.0. The van der Waals surface area contributed by atoms with Crippen LogP contribution in [0.5, 0.6) is 0 Å². The van der Waals surface area contributed by atoms with E-state index in [0.717, 1.165) is 19.3 Å². The van der Waals surface area contributed by atoms with Crippen molar-refractivity contribution in [2.24, 2.45) is 0 Å². The Hall–Kier alpha value is -3.16. The molecule has 0 aliphatic carbocycles. The molecule has 4 heterocycles. The summed E-state index contributed by atoms with van der Waals surface area (Å²) in [5.74, 6) is -0.319. The Kier molecular flexibility index (Phi) is 5.08. The summed E-state index contributed by atoms with van der Waals surface area (Å²) in [5.41, 5.74) is 1.41. The highest BCUT2D eigenvalue weighted by atomic mass is 16.5. The number of carbonyl (C=O) groups excluding carboxylic acids is 2.